The van der Waals surface area contributed by atoms with Crippen molar-refractivity contribution < 1.29 is 0 Å². The molecule has 0 fully saturated rings. The predicted octanol–water partition coefficient (Wildman–Crippen LogP) is 5.24. The summed E-state index contributed by atoms with van der Waals surface area (Å²) >= 11 is 10.9. The maximum absolute atomic E-state index is 5.43. The van der Waals surface area contributed by atoms with Crippen LogP contribution in [0.1, 0.15) is 41.0 Å². The van der Waals surface area contributed by atoms with E-state index in [-0.39, 0.29) is 0 Å². The summed E-state index contributed by atoms with van der Waals surface area (Å²) in [4.78, 5) is 0. The first kappa shape index (κ1) is 16.2. The Labute approximate surface area is 94.4 Å². The van der Waals surface area contributed by atoms with Crippen molar-refractivity contribution in [1.29, 1.82) is 0 Å². The molecular weight excluding hydrogens is 219 g/mol. The van der Waals surface area contributed by atoms with Gasteiger partial charge >= 0.3 is 0 Å². The standard InChI is InChI=1S/C8H18.C2H6Cl2Si/c1-7(2)6-8(3,4)5;1-5(2,3)4/h7H,6H2,1-5H3;1-2H3. The average molecular weight is 243 g/mol. The van der Waals surface area contributed by atoms with Crippen LogP contribution < -0.4 is 0 Å². The Morgan fingerprint density at radius 3 is 1.31 bits per heavy atom. The van der Waals surface area contributed by atoms with Gasteiger partial charge in [0.25, 0.3) is 0 Å². The molecule has 0 atom stereocenters. The smallest absolute Gasteiger partial charge is 0.146 e. The van der Waals surface area contributed by atoms with E-state index in [1.54, 1.807) is 0 Å². The Hall–Kier alpha value is 0.797. The number of hydrogen-bond acceptors (Lipinski definition) is 0. The number of halogens is 2. The van der Waals surface area contributed by atoms with Gasteiger partial charge in [0.1, 0.15) is 0 Å². The average Bonchev–Trinajstić information content (AvgIpc) is 1.47. The summed E-state index contributed by atoms with van der Waals surface area (Å²) in [5.41, 5.74) is 0.522. The lowest BCUT2D eigenvalue weighted by Gasteiger charge is -2.19. The summed E-state index contributed by atoms with van der Waals surface area (Å²) in [6, 6.07) is 0. The maximum atomic E-state index is 5.43. The van der Waals surface area contributed by atoms with Crippen LogP contribution in [0, 0.1) is 11.3 Å². The van der Waals surface area contributed by atoms with Crippen molar-refractivity contribution in [3.8, 4) is 0 Å². The molecule has 0 heterocycles. The molecule has 0 aliphatic carbocycles. The van der Waals surface area contributed by atoms with Gasteiger partial charge in [-0.25, -0.2) is 0 Å². The van der Waals surface area contributed by atoms with Gasteiger partial charge in [-0.1, -0.05) is 34.6 Å². The second kappa shape index (κ2) is 6.31. The second-order valence-electron chi connectivity index (χ2n) is 5.49. The molecule has 0 aliphatic rings. The zero-order valence-corrected chi connectivity index (χ0v) is 12.6. The minimum atomic E-state index is -1.67. The zero-order valence-electron chi connectivity index (χ0n) is 10.0. The first-order valence-corrected chi connectivity index (χ1v) is 9.82. The Balaban J connectivity index is 0. The molecule has 0 bridgehead atoms. The SMILES string of the molecule is CC(C)CC(C)(C)C.C[Si](C)(Cl)Cl. The minimum absolute atomic E-state index is 0.522. The van der Waals surface area contributed by atoms with Crippen LogP contribution in [0.4, 0.5) is 0 Å². The van der Waals surface area contributed by atoms with Gasteiger partial charge in [-0.15, -0.1) is 22.2 Å². The lowest BCUT2D eigenvalue weighted by molar-refractivity contribution is 0.320. The summed E-state index contributed by atoms with van der Waals surface area (Å²) in [5, 5.41) is 0. The van der Waals surface area contributed by atoms with Gasteiger partial charge in [0.15, 0.2) is 0 Å². The van der Waals surface area contributed by atoms with Crippen LogP contribution in [0.15, 0.2) is 0 Å². The molecule has 0 aromatic rings. The van der Waals surface area contributed by atoms with E-state index in [1.807, 2.05) is 13.1 Å². The highest BCUT2D eigenvalue weighted by molar-refractivity contribution is 7.44. The lowest BCUT2D eigenvalue weighted by atomic mass is 9.86. The normalized spacial score (nSPS) is 12.5. The second-order valence-corrected chi connectivity index (χ2v) is 14.4. The number of hydrogen-bond donors (Lipinski definition) is 0. The van der Waals surface area contributed by atoms with Crippen LogP contribution >= 0.6 is 22.2 Å². The molecule has 0 N–H and O–H groups in total. The quantitative estimate of drug-likeness (QED) is 0.436. The van der Waals surface area contributed by atoms with E-state index >= 15 is 0 Å². The zero-order chi connectivity index (χ0) is 11.3. The molecule has 0 spiro atoms. The molecule has 82 valence electrons. The van der Waals surface area contributed by atoms with Crippen LogP contribution in [-0.2, 0) is 0 Å². The van der Waals surface area contributed by atoms with E-state index in [0.717, 1.165) is 5.92 Å². The molecule has 0 radical (unpaired) electrons. The monoisotopic (exact) mass is 242 g/mol. The Morgan fingerprint density at radius 1 is 1.08 bits per heavy atom. The van der Waals surface area contributed by atoms with Crippen LogP contribution in [0.5, 0.6) is 0 Å². The van der Waals surface area contributed by atoms with E-state index < -0.39 is 6.69 Å². The third-order valence-corrected chi connectivity index (χ3v) is 1.02. The Bertz CT molecular complexity index is 114. The Kier molecular flexibility index (Phi) is 7.88. The van der Waals surface area contributed by atoms with Gasteiger partial charge in [0, 0.05) is 0 Å². The lowest BCUT2D eigenvalue weighted by Crippen LogP contribution is -2.08. The van der Waals surface area contributed by atoms with Crippen molar-refractivity contribution in [2.24, 2.45) is 11.3 Å². The largest absolute Gasteiger partial charge is 0.245 e. The van der Waals surface area contributed by atoms with Crippen LogP contribution in [0.2, 0.25) is 13.1 Å². The van der Waals surface area contributed by atoms with E-state index in [4.69, 9.17) is 22.2 Å². The summed E-state index contributed by atoms with van der Waals surface area (Å²) in [7, 11) is 0. The van der Waals surface area contributed by atoms with Crippen LogP contribution in [0.25, 0.3) is 0 Å². The molecular formula is C10H24Cl2Si. The molecule has 0 saturated carbocycles. The van der Waals surface area contributed by atoms with Gasteiger partial charge in [-0.05, 0) is 30.8 Å². The highest BCUT2D eigenvalue weighted by Gasteiger charge is 2.11. The fourth-order valence-electron chi connectivity index (χ4n) is 1.22. The molecule has 0 unspecified atom stereocenters. The molecule has 0 aliphatic heterocycles. The molecule has 0 rings (SSSR count). The molecule has 13 heavy (non-hydrogen) atoms. The van der Waals surface area contributed by atoms with Crippen LogP contribution in [0.3, 0.4) is 0 Å². The van der Waals surface area contributed by atoms with Gasteiger partial charge in [0.05, 0.1) is 0 Å². The fraction of sp³-hybridized carbons (Fsp3) is 1.00. The number of rotatable bonds is 1. The fourth-order valence-corrected chi connectivity index (χ4v) is 1.22. The van der Waals surface area contributed by atoms with Gasteiger partial charge in [-0.3, -0.25) is 0 Å². The van der Waals surface area contributed by atoms with Crippen molar-refractivity contribution in [3.05, 3.63) is 0 Å². The topological polar surface area (TPSA) is 0 Å². The molecule has 3 heteroatoms. The van der Waals surface area contributed by atoms with E-state index in [9.17, 15) is 0 Å². The van der Waals surface area contributed by atoms with E-state index in [2.05, 4.69) is 34.6 Å². The van der Waals surface area contributed by atoms with Gasteiger partial charge < -0.3 is 0 Å². The maximum Gasteiger partial charge on any atom is 0.245 e. The third kappa shape index (κ3) is 44.4. The van der Waals surface area contributed by atoms with Crippen molar-refractivity contribution in [2.45, 2.75) is 54.1 Å². The van der Waals surface area contributed by atoms with Crippen LogP contribution in [-0.4, -0.2) is 6.69 Å². The minimum Gasteiger partial charge on any atom is -0.146 e. The predicted molar refractivity (Wildman–Crippen MR) is 68.1 cm³/mol. The van der Waals surface area contributed by atoms with Crippen molar-refractivity contribution >= 4 is 28.9 Å². The summed E-state index contributed by atoms with van der Waals surface area (Å²) in [6.45, 7) is 13.4. The van der Waals surface area contributed by atoms with Crippen molar-refractivity contribution in [1.82, 2.24) is 0 Å². The molecule has 0 amide bonds. The first-order chi connectivity index (χ1) is 5.42. The van der Waals surface area contributed by atoms with Crippen molar-refractivity contribution in [3.63, 3.8) is 0 Å². The first-order valence-electron chi connectivity index (χ1n) is 4.79. The van der Waals surface area contributed by atoms with Gasteiger partial charge in [0.2, 0.25) is 6.69 Å². The molecule has 0 saturated heterocycles. The summed E-state index contributed by atoms with van der Waals surface area (Å²) in [5.74, 6) is 0.843. The molecule has 0 nitrogen and oxygen atoms in total. The summed E-state index contributed by atoms with van der Waals surface area (Å²) < 4.78 is 0. The third-order valence-electron chi connectivity index (χ3n) is 1.02. The van der Waals surface area contributed by atoms with E-state index in [1.165, 1.54) is 6.42 Å². The molecule has 0 aromatic heterocycles. The highest BCUT2D eigenvalue weighted by atomic mass is 35.7. The highest BCUT2D eigenvalue weighted by Crippen LogP contribution is 2.23. The van der Waals surface area contributed by atoms with E-state index in [0.29, 0.717) is 5.41 Å². The van der Waals surface area contributed by atoms with Gasteiger partial charge in [-0.2, -0.15) is 0 Å². The Morgan fingerprint density at radius 2 is 1.31 bits per heavy atom. The van der Waals surface area contributed by atoms with Crippen molar-refractivity contribution in [2.75, 3.05) is 0 Å². The molecule has 0 aromatic carbocycles. The summed E-state index contributed by atoms with van der Waals surface area (Å²) in [6.07, 6.45) is 1.33.